The van der Waals surface area contributed by atoms with Gasteiger partial charge in [0.05, 0.1) is 30.3 Å². The number of anilines is 1. The second kappa shape index (κ2) is 9.78. The molecule has 0 atom stereocenters. The van der Waals surface area contributed by atoms with Gasteiger partial charge in [-0.25, -0.2) is 0 Å². The molecule has 0 radical (unpaired) electrons. The fourth-order valence-electron chi connectivity index (χ4n) is 3.27. The maximum atomic E-state index is 13.1. The molecule has 32 heavy (non-hydrogen) atoms. The number of hydrogen-bond acceptors (Lipinski definition) is 5. The summed E-state index contributed by atoms with van der Waals surface area (Å²) in [4.78, 5) is 17.2. The van der Waals surface area contributed by atoms with Crippen molar-refractivity contribution >= 4 is 11.6 Å². The average molecular weight is 428 g/mol. The predicted molar refractivity (Wildman–Crippen MR) is 123 cm³/mol. The van der Waals surface area contributed by atoms with Gasteiger partial charge in [0, 0.05) is 25.0 Å². The van der Waals surface area contributed by atoms with E-state index in [0.29, 0.717) is 30.2 Å². The largest absolute Gasteiger partial charge is 0.494 e. The molecule has 0 saturated heterocycles. The molecule has 2 aromatic carbocycles. The highest BCUT2D eigenvalue weighted by Crippen LogP contribution is 2.28. The molecule has 0 spiro atoms. The molecule has 0 aliphatic carbocycles. The average Bonchev–Trinajstić information content (AvgIpc) is 3.25. The number of pyridine rings is 1. The topological polar surface area (TPSA) is 78.3 Å². The lowest BCUT2D eigenvalue weighted by molar-refractivity contribution is 0.102. The van der Waals surface area contributed by atoms with Gasteiger partial charge in [-0.1, -0.05) is 18.2 Å². The van der Waals surface area contributed by atoms with E-state index in [9.17, 15) is 4.79 Å². The molecule has 0 saturated carbocycles. The zero-order chi connectivity index (χ0) is 22.3. The number of nitrogens with one attached hydrogen (secondary N) is 1. The SMILES string of the molecule is CCOc1cccc(COc2ccc(-c3cnn(C)c3)cc2C(=O)Nc2cccnc2)c1. The first-order valence-electron chi connectivity index (χ1n) is 10.3. The molecule has 1 N–H and O–H groups in total. The van der Waals surface area contributed by atoms with Crippen LogP contribution in [0.4, 0.5) is 5.69 Å². The minimum Gasteiger partial charge on any atom is -0.494 e. The van der Waals surface area contributed by atoms with E-state index in [0.717, 1.165) is 22.4 Å². The number of carbonyl (C=O) groups excluding carboxylic acids is 1. The maximum Gasteiger partial charge on any atom is 0.259 e. The Labute approximate surface area is 186 Å². The summed E-state index contributed by atoms with van der Waals surface area (Å²) >= 11 is 0. The van der Waals surface area contributed by atoms with Crippen molar-refractivity contribution in [1.29, 1.82) is 0 Å². The number of aryl methyl sites for hydroxylation is 1. The Hall–Kier alpha value is -4.13. The van der Waals surface area contributed by atoms with Crippen LogP contribution in [0.15, 0.2) is 79.4 Å². The molecule has 4 aromatic rings. The molecular formula is C25H24N4O3. The molecule has 0 aliphatic rings. The van der Waals surface area contributed by atoms with E-state index in [1.807, 2.05) is 62.6 Å². The van der Waals surface area contributed by atoms with Crippen LogP contribution in [-0.4, -0.2) is 27.3 Å². The zero-order valence-electron chi connectivity index (χ0n) is 18.0. The molecule has 2 heterocycles. The van der Waals surface area contributed by atoms with Crippen LogP contribution < -0.4 is 14.8 Å². The van der Waals surface area contributed by atoms with Gasteiger partial charge in [0.15, 0.2) is 0 Å². The number of ether oxygens (including phenoxy) is 2. The molecule has 0 aliphatic heterocycles. The fraction of sp³-hybridized carbons (Fsp3) is 0.160. The van der Waals surface area contributed by atoms with Crippen LogP contribution in [0.25, 0.3) is 11.1 Å². The lowest BCUT2D eigenvalue weighted by atomic mass is 10.0. The van der Waals surface area contributed by atoms with Gasteiger partial charge in [-0.05, 0) is 54.4 Å². The van der Waals surface area contributed by atoms with Gasteiger partial charge in [0.1, 0.15) is 18.1 Å². The second-order valence-corrected chi connectivity index (χ2v) is 7.18. The van der Waals surface area contributed by atoms with Crippen molar-refractivity contribution in [3.05, 3.63) is 90.5 Å². The Bertz CT molecular complexity index is 1200. The summed E-state index contributed by atoms with van der Waals surface area (Å²) in [5.41, 5.74) is 3.78. The van der Waals surface area contributed by atoms with Gasteiger partial charge in [-0.3, -0.25) is 14.5 Å². The van der Waals surface area contributed by atoms with Gasteiger partial charge in [-0.2, -0.15) is 5.10 Å². The van der Waals surface area contributed by atoms with Crippen LogP contribution >= 0.6 is 0 Å². The van der Waals surface area contributed by atoms with E-state index in [4.69, 9.17) is 9.47 Å². The number of benzene rings is 2. The summed E-state index contributed by atoms with van der Waals surface area (Å²) in [7, 11) is 1.85. The lowest BCUT2D eigenvalue weighted by Gasteiger charge is -2.14. The van der Waals surface area contributed by atoms with Gasteiger partial charge >= 0.3 is 0 Å². The van der Waals surface area contributed by atoms with Crippen molar-refractivity contribution in [3.8, 4) is 22.6 Å². The highest BCUT2D eigenvalue weighted by atomic mass is 16.5. The highest BCUT2D eigenvalue weighted by molar-refractivity contribution is 6.06. The molecule has 7 heteroatoms. The molecule has 7 nitrogen and oxygen atoms in total. The van der Waals surface area contributed by atoms with Crippen LogP contribution in [-0.2, 0) is 13.7 Å². The minimum atomic E-state index is -0.276. The van der Waals surface area contributed by atoms with Gasteiger partial charge in [0.25, 0.3) is 5.91 Å². The zero-order valence-corrected chi connectivity index (χ0v) is 18.0. The van der Waals surface area contributed by atoms with E-state index >= 15 is 0 Å². The Morgan fingerprint density at radius 1 is 1.03 bits per heavy atom. The fourth-order valence-corrected chi connectivity index (χ4v) is 3.27. The van der Waals surface area contributed by atoms with Crippen molar-refractivity contribution in [2.75, 3.05) is 11.9 Å². The van der Waals surface area contributed by atoms with E-state index in [-0.39, 0.29) is 5.91 Å². The summed E-state index contributed by atoms with van der Waals surface area (Å²) in [6.45, 7) is 2.85. The summed E-state index contributed by atoms with van der Waals surface area (Å²) in [6, 6.07) is 16.8. The van der Waals surface area contributed by atoms with Gasteiger partial charge < -0.3 is 14.8 Å². The van der Waals surface area contributed by atoms with Crippen LogP contribution in [0.2, 0.25) is 0 Å². The van der Waals surface area contributed by atoms with Crippen LogP contribution in [0.1, 0.15) is 22.8 Å². The molecule has 1 amide bonds. The summed E-state index contributed by atoms with van der Waals surface area (Å²) < 4.78 is 13.3. The smallest absolute Gasteiger partial charge is 0.259 e. The van der Waals surface area contributed by atoms with Crippen molar-refractivity contribution in [2.45, 2.75) is 13.5 Å². The molecule has 4 rings (SSSR count). The lowest BCUT2D eigenvalue weighted by Crippen LogP contribution is -2.14. The first-order valence-corrected chi connectivity index (χ1v) is 10.3. The van der Waals surface area contributed by atoms with Crippen molar-refractivity contribution in [2.24, 2.45) is 7.05 Å². The van der Waals surface area contributed by atoms with Crippen molar-refractivity contribution in [3.63, 3.8) is 0 Å². The number of aromatic nitrogens is 3. The quantitative estimate of drug-likeness (QED) is 0.440. The van der Waals surface area contributed by atoms with Gasteiger partial charge in [-0.15, -0.1) is 0 Å². The monoisotopic (exact) mass is 428 g/mol. The van der Waals surface area contributed by atoms with Gasteiger partial charge in [0.2, 0.25) is 0 Å². The molecule has 0 unspecified atom stereocenters. The molecule has 0 fully saturated rings. The summed E-state index contributed by atoms with van der Waals surface area (Å²) in [6.07, 6.45) is 6.92. The second-order valence-electron chi connectivity index (χ2n) is 7.18. The molecular weight excluding hydrogens is 404 g/mol. The number of amides is 1. The Morgan fingerprint density at radius 2 is 1.94 bits per heavy atom. The van der Waals surface area contributed by atoms with Crippen LogP contribution in [0.3, 0.4) is 0 Å². The first-order chi connectivity index (χ1) is 15.6. The first kappa shape index (κ1) is 21.1. The normalized spacial score (nSPS) is 10.6. The van der Waals surface area contributed by atoms with Crippen LogP contribution in [0.5, 0.6) is 11.5 Å². The third-order valence-electron chi connectivity index (χ3n) is 4.79. The maximum absolute atomic E-state index is 13.1. The summed E-state index contributed by atoms with van der Waals surface area (Å²) in [5.74, 6) is 0.998. The molecule has 162 valence electrons. The number of carbonyl (C=O) groups is 1. The molecule has 2 aromatic heterocycles. The Kier molecular flexibility index (Phi) is 6.46. The third-order valence-corrected chi connectivity index (χ3v) is 4.79. The number of rotatable bonds is 8. The predicted octanol–water partition coefficient (Wildman–Crippen LogP) is 4.71. The van der Waals surface area contributed by atoms with E-state index < -0.39 is 0 Å². The van der Waals surface area contributed by atoms with E-state index in [1.54, 1.807) is 35.4 Å². The number of hydrogen-bond donors (Lipinski definition) is 1. The minimum absolute atomic E-state index is 0.276. The van der Waals surface area contributed by atoms with Crippen molar-refractivity contribution in [1.82, 2.24) is 14.8 Å². The van der Waals surface area contributed by atoms with E-state index in [2.05, 4.69) is 15.4 Å². The van der Waals surface area contributed by atoms with E-state index in [1.165, 1.54) is 0 Å². The summed E-state index contributed by atoms with van der Waals surface area (Å²) in [5, 5.41) is 7.11. The highest BCUT2D eigenvalue weighted by Gasteiger charge is 2.16. The number of nitrogens with zero attached hydrogens (tertiary/aromatic N) is 3. The molecule has 0 bridgehead atoms. The standard InChI is InChI=1S/C25H24N4O3/c1-3-31-22-8-4-6-18(12-22)17-32-24-10-9-19(20-14-27-29(2)16-20)13-23(24)25(30)28-21-7-5-11-26-15-21/h4-16H,3,17H2,1-2H3,(H,28,30). The van der Waals surface area contributed by atoms with Crippen LogP contribution in [0, 0.1) is 0 Å². The van der Waals surface area contributed by atoms with Crippen molar-refractivity contribution < 1.29 is 14.3 Å². The third kappa shape index (κ3) is 5.13. The Morgan fingerprint density at radius 3 is 2.69 bits per heavy atom. The Balaban J connectivity index is 1.61.